The summed E-state index contributed by atoms with van der Waals surface area (Å²) in [5, 5.41) is 17.1. The maximum atomic E-state index is 14.8. The number of ether oxygens (including phenoxy) is 2. The summed E-state index contributed by atoms with van der Waals surface area (Å²) >= 11 is 0. The van der Waals surface area contributed by atoms with Crippen molar-refractivity contribution in [3.63, 3.8) is 0 Å². The SMILES string of the molecule is CC[CH-]CC(=O)C[C@H](O)[C@H](NC(=O)[C@@H](NC(=O)C(CC(C)C)N(C)C(=O)C1CCCN1C(=O)C(C)=O)[C@@H](C)OC(=O)[C@H](Cc1ccc(OC)cc1)N(C)C(=O)[C@@H]1CCCN1C(=O)[C@@H]([NH-])CC(C)C)[C@@H](C)CC.[Y]. The summed E-state index contributed by atoms with van der Waals surface area (Å²) in [4.78, 5) is 129. The molecule has 2 unspecified atom stereocenters. The van der Waals surface area contributed by atoms with Gasteiger partial charge in [-0.3, -0.25) is 33.6 Å². The van der Waals surface area contributed by atoms with Crippen molar-refractivity contribution in [2.75, 3.05) is 34.3 Å². The summed E-state index contributed by atoms with van der Waals surface area (Å²) in [7, 11) is 4.35. The summed E-state index contributed by atoms with van der Waals surface area (Å²) in [6, 6.07) is -1.43. The summed E-state index contributed by atoms with van der Waals surface area (Å²) in [6.07, 6.45) is 1.85. The molecule has 2 aliphatic rings. The van der Waals surface area contributed by atoms with Crippen LogP contribution in [0.15, 0.2) is 24.3 Å². The third-order valence-corrected chi connectivity index (χ3v) is 13.8. The fraction of sp³-hybridized carbons (Fsp3) is 0.698. The van der Waals surface area contributed by atoms with Gasteiger partial charge in [0.15, 0.2) is 0 Å². The number of likely N-dealkylation sites (tertiary alicyclic amines) is 2. The van der Waals surface area contributed by atoms with Gasteiger partial charge in [-0.1, -0.05) is 79.5 Å². The summed E-state index contributed by atoms with van der Waals surface area (Å²) in [5.41, 5.74) is 9.16. The minimum atomic E-state index is -1.68. The molecule has 1 aromatic rings. The maximum Gasteiger partial charge on any atom is 0.329 e. The van der Waals surface area contributed by atoms with E-state index in [9.17, 15) is 48.3 Å². The molecule has 0 spiro atoms. The van der Waals surface area contributed by atoms with Crippen molar-refractivity contribution < 1.29 is 90.4 Å². The number of nitrogens with zero attached hydrogens (tertiary/aromatic N) is 4. The Labute approximate surface area is 458 Å². The van der Waals surface area contributed by atoms with E-state index < -0.39 is 102 Å². The third-order valence-electron chi connectivity index (χ3n) is 13.8. The Morgan fingerprint density at radius 2 is 1.36 bits per heavy atom. The first-order valence-corrected chi connectivity index (χ1v) is 25.7. The first kappa shape index (κ1) is 64.8. The van der Waals surface area contributed by atoms with E-state index in [1.165, 1.54) is 47.7 Å². The number of aliphatic hydroxyl groups excluding tert-OH is 1. The molecule has 0 aromatic heterocycles. The Morgan fingerprint density at radius 1 is 0.808 bits per heavy atom. The normalized spacial score (nSPS) is 18.8. The average molecular weight is 1100 g/mol. The molecule has 2 aliphatic heterocycles. The largest absolute Gasteiger partial charge is 0.667 e. The van der Waals surface area contributed by atoms with Gasteiger partial charge in [0.05, 0.1) is 19.3 Å². The molecule has 1 aromatic carbocycles. The molecular formula is C53H83N7O12Y-2. The number of rotatable bonds is 28. The zero-order chi connectivity index (χ0) is 54.1. The summed E-state index contributed by atoms with van der Waals surface area (Å²) in [5.74, 6) is -5.93. The fourth-order valence-electron chi connectivity index (χ4n) is 9.41. The molecule has 407 valence electrons. The number of unbranched alkanes of at least 4 members (excludes halogenated alkanes) is 1. The molecule has 20 heteroatoms. The molecule has 2 fully saturated rings. The number of benzene rings is 1. The molecule has 2 heterocycles. The van der Waals surface area contributed by atoms with Crippen LogP contribution in [-0.4, -0.2) is 166 Å². The van der Waals surface area contributed by atoms with Crippen LogP contribution < -0.4 is 15.4 Å². The van der Waals surface area contributed by atoms with Crippen LogP contribution >= 0.6 is 0 Å². The first-order valence-electron chi connectivity index (χ1n) is 25.7. The van der Waals surface area contributed by atoms with Crippen molar-refractivity contribution in [1.29, 1.82) is 0 Å². The number of hydrogen-bond acceptors (Lipinski definition) is 12. The van der Waals surface area contributed by atoms with Crippen LogP contribution in [0.3, 0.4) is 0 Å². The summed E-state index contributed by atoms with van der Waals surface area (Å²) < 4.78 is 11.5. The van der Waals surface area contributed by atoms with Crippen LogP contribution in [0.1, 0.15) is 132 Å². The molecule has 6 amide bonds. The second-order valence-electron chi connectivity index (χ2n) is 20.5. The Hall–Kier alpha value is -4.33. The van der Waals surface area contributed by atoms with Crippen molar-refractivity contribution in [2.24, 2.45) is 17.8 Å². The second kappa shape index (κ2) is 30.9. The van der Waals surface area contributed by atoms with Crippen LogP contribution in [0.2, 0.25) is 0 Å². The first-order chi connectivity index (χ1) is 33.9. The van der Waals surface area contributed by atoms with E-state index in [0.29, 0.717) is 49.8 Å². The van der Waals surface area contributed by atoms with Crippen molar-refractivity contribution in [2.45, 2.75) is 187 Å². The number of aliphatic hydroxyl groups is 1. The second-order valence-corrected chi connectivity index (χ2v) is 20.5. The number of likely N-dealkylation sites (N-methyl/N-ethyl adjacent to an activating group) is 2. The van der Waals surface area contributed by atoms with E-state index in [4.69, 9.17) is 15.2 Å². The van der Waals surface area contributed by atoms with Crippen molar-refractivity contribution in [3.05, 3.63) is 42.0 Å². The van der Waals surface area contributed by atoms with Gasteiger partial charge in [-0.2, -0.15) is 6.42 Å². The number of esters is 1. The zero-order valence-corrected chi connectivity index (χ0v) is 48.1. The average Bonchev–Trinajstić information content (AvgIpc) is 4.04. The molecule has 2 saturated heterocycles. The van der Waals surface area contributed by atoms with Crippen LogP contribution in [0.4, 0.5) is 0 Å². The topological polar surface area (TPSA) is 253 Å². The van der Waals surface area contributed by atoms with Crippen molar-refractivity contribution >= 4 is 53.0 Å². The molecular weight excluding hydrogens is 1020 g/mol. The predicted molar refractivity (Wildman–Crippen MR) is 271 cm³/mol. The van der Waals surface area contributed by atoms with Crippen molar-refractivity contribution in [3.8, 4) is 5.75 Å². The molecule has 0 saturated carbocycles. The van der Waals surface area contributed by atoms with E-state index in [-0.39, 0.29) is 101 Å². The standard InChI is InChI=1S/C53H83N7O12.Y/c1-13-15-18-37(62)30-44(63)45(33(7)14-2)55-48(65)46(56-47(64)42(28-32(5)6)57(10)51(68)40-19-16-25-59(40)49(66)34(8)61)35(9)72-53(70)43(29-36-21-23-38(71-12)24-22-36)58(11)52(69)41-20-17-26-60(41)50(67)39(54)27-31(3)4;/h15,21-24,31-33,35,39-46,54,63H,13-14,16-20,25-30H2,1-12H3,(H,55,65)(H,56,64);/q-2;/t33-,35+,39-,40?,41-,42?,43-,44-,45+,46-;/m0./s1. The quantitative estimate of drug-likeness (QED) is 0.0606. The fourth-order valence-corrected chi connectivity index (χ4v) is 9.41. The number of ketones is 2. The molecule has 0 bridgehead atoms. The van der Waals surface area contributed by atoms with E-state index in [0.717, 1.165) is 6.92 Å². The van der Waals surface area contributed by atoms with Gasteiger partial charge in [-0.15, -0.1) is 6.42 Å². The van der Waals surface area contributed by atoms with Crippen LogP contribution in [0.25, 0.3) is 5.73 Å². The van der Waals surface area contributed by atoms with Gasteiger partial charge in [-0.05, 0) is 74.5 Å². The molecule has 10 atom stereocenters. The van der Waals surface area contributed by atoms with Crippen LogP contribution in [-0.2, 0) is 87.0 Å². The van der Waals surface area contributed by atoms with Gasteiger partial charge in [0.25, 0.3) is 5.91 Å². The zero-order valence-electron chi connectivity index (χ0n) is 45.3. The number of hydrogen-bond donors (Lipinski definition) is 3. The number of carbonyl (C=O) groups excluding carboxylic acids is 9. The Balaban J connectivity index is 0.0000183. The van der Waals surface area contributed by atoms with Crippen molar-refractivity contribution in [1.82, 2.24) is 30.2 Å². The van der Waals surface area contributed by atoms with Gasteiger partial charge in [0.1, 0.15) is 47.8 Å². The Bertz CT molecular complexity index is 2040. The van der Waals surface area contributed by atoms with Crippen LogP contribution in [0, 0.1) is 24.2 Å². The van der Waals surface area contributed by atoms with E-state index >= 15 is 0 Å². The van der Waals surface area contributed by atoms with Gasteiger partial charge >= 0.3 is 5.97 Å². The summed E-state index contributed by atoms with van der Waals surface area (Å²) in [6.45, 7) is 16.0. The third kappa shape index (κ3) is 18.5. The predicted octanol–water partition coefficient (Wildman–Crippen LogP) is 4.25. The van der Waals surface area contributed by atoms with Gasteiger partial charge in [0.2, 0.25) is 35.3 Å². The minimum Gasteiger partial charge on any atom is -0.667 e. The van der Waals surface area contributed by atoms with Gasteiger partial charge in [-0.25, -0.2) is 4.79 Å². The number of carbonyl (C=O) groups is 9. The number of Topliss-reactive ketones (excluding diaryl/α,β-unsaturated/α-hetero) is 2. The molecule has 19 nitrogen and oxygen atoms in total. The van der Waals surface area contributed by atoms with E-state index in [1.807, 2.05) is 41.5 Å². The van der Waals surface area contributed by atoms with Crippen LogP contribution in [0.5, 0.6) is 5.75 Å². The Kier molecular flexibility index (Phi) is 27.4. The number of methoxy groups -OCH3 is 1. The molecule has 1 radical (unpaired) electrons. The van der Waals surface area contributed by atoms with E-state index in [2.05, 4.69) is 10.6 Å². The minimum absolute atomic E-state index is 0. The molecule has 73 heavy (non-hydrogen) atoms. The number of nitrogens with one attached hydrogen (secondary N) is 3. The monoisotopic (exact) mass is 1100 g/mol. The maximum absolute atomic E-state index is 14.8. The van der Waals surface area contributed by atoms with Gasteiger partial charge in [0, 0.05) is 79.7 Å². The Morgan fingerprint density at radius 3 is 1.88 bits per heavy atom. The van der Waals surface area contributed by atoms with E-state index in [1.54, 1.807) is 37.6 Å². The molecule has 0 aliphatic carbocycles. The molecule has 4 N–H and O–H groups in total. The number of amides is 6. The molecule has 3 rings (SSSR count). The van der Waals surface area contributed by atoms with Gasteiger partial charge < -0.3 is 61.8 Å². The smallest absolute Gasteiger partial charge is 0.329 e.